The Morgan fingerprint density at radius 1 is 1.48 bits per heavy atom. The van der Waals surface area contributed by atoms with Gasteiger partial charge in [0.25, 0.3) is 0 Å². The van der Waals surface area contributed by atoms with Crippen LogP contribution in [0.5, 0.6) is 0 Å². The van der Waals surface area contributed by atoms with Gasteiger partial charge in [-0.1, -0.05) is 6.42 Å². The van der Waals surface area contributed by atoms with Crippen molar-refractivity contribution in [2.75, 3.05) is 20.2 Å². The van der Waals surface area contributed by atoms with Gasteiger partial charge in [0.05, 0.1) is 32.9 Å². The molecule has 1 fully saturated rings. The zero-order valence-corrected chi connectivity index (χ0v) is 12.3. The zero-order chi connectivity index (χ0) is 15.1. The first-order chi connectivity index (χ1) is 10.2. The van der Waals surface area contributed by atoms with Gasteiger partial charge in [-0.3, -0.25) is 14.5 Å². The van der Waals surface area contributed by atoms with Crippen molar-refractivity contribution in [2.24, 2.45) is 0 Å². The van der Waals surface area contributed by atoms with E-state index in [0.29, 0.717) is 19.5 Å². The summed E-state index contributed by atoms with van der Waals surface area (Å²) >= 11 is 0. The summed E-state index contributed by atoms with van der Waals surface area (Å²) in [6.45, 7) is 1.54. The van der Waals surface area contributed by atoms with Gasteiger partial charge in [-0.15, -0.1) is 0 Å². The standard InChI is InChI=1S/C15H22N2O4/c1-20-15(19)9-12-5-2-3-7-17(12)11-14(18)16-10-13-6-4-8-21-13/h4,6,8,12H,2-3,5,7,9-11H2,1H3,(H,16,18)/t12-/m1/s1. The number of rotatable bonds is 6. The third-order valence-corrected chi connectivity index (χ3v) is 3.77. The minimum absolute atomic E-state index is 0.0526. The van der Waals surface area contributed by atoms with Crippen LogP contribution in [0.4, 0.5) is 0 Å². The number of carbonyl (C=O) groups excluding carboxylic acids is 2. The van der Waals surface area contributed by atoms with E-state index in [4.69, 9.17) is 9.15 Å². The molecule has 21 heavy (non-hydrogen) atoms. The largest absolute Gasteiger partial charge is 0.469 e. The molecule has 1 aromatic rings. The number of amides is 1. The van der Waals surface area contributed by atoms with Crippen molar-refractivity contribution >= 4 is 11.9 Å². The molecule has 0 aliphatic carbocycles. The van der Waals surface area contributed by atoms with Gasteiger partial charge < -0.3 is 14.5 Å². The smallest absolute Gasteiger partial charge is 0.307 e. The normalized spacial score (nSPS) is 19.2. The minimum Gasteiger partial charge on any atom is -0.469 e. The van der Waals surface area contributed by atoms with E-state index in [2.05, 4.69) is 10.2 Å². The Labute approximate surface area is 124 Å². The molecule has 1 aliphatic heterocycles. The van der Waals surface area contributed by atoms with Gasteiger partial charge in [-0.25, -0.2) is 0 Å². The Morgan fingerprint density at radius 2 is 2.33 bits per heavy atom. The van der Waals surface area contributed by atoms with Gasteiger partial charge in [0, 0.05) is 6.04 Å². The summed E-state index contributed by atoms with van der Waals surface area (Å²) in [6.07, 6.45) is 5.01. The van der Waals surface area contributed by atoms with Crippen molar-refractivity contribution in [1.29, 1.82) is 0 Å². The molecule has 6 heteroatoms. The summed E-state index contributed by atoms with van der Waals surface area (Å²) < 4.78 is 9.90. The minimum atomic E-state index is -0.220. The number of piperidine rings is 1. The number of nitrogens with zero attached hydrogens (tertiary/aromatic N) is 1. The van der Waals surface area contributed by atoms with Crippen molar-refractivity contribution < 1.29 is 18.7 Å². The molecule has 2 rings (SSSR count). The molecule has 0 saturated carbocycles. The fourth-order valence-corrected chi connectivity index (χ4v) is 2.61. The van der Waals surface area contributed by atoms with Crippen molar-refractivity contribution in [2.45, 2.75) is 38.3 Å². The maximum Gasteiger partial charge on any atom is 0.307 e. The molecule has 0 unspecified atom stereocenters. The molecule has 1 saturated heterocycles. The van der Waals surface area contributed by atoms with Gasteiger partial charge in [0.1, 0.15) is 5.76 Å². The SMILES string of the molecule is COC(=O)C[C@H]1CCCCN1CC(=O)NCc1ccco1. The Kier molecular flexibility index (Phi) is 5.80. The fraction of sp³-hybridized carbons (Fsp3) is 0.600. The third kappa shape index (κ3) is 4.90. The first kappa shape index (κ1) is 15.6. The summed E-state index contributed by atoms with van der Waals surface area (Å²) in [6, 6.07) is 3.71. The van der Waals surface area contributed by atoms with E-state index in [0.717, 1.165) is 31.6 Å². The lowest BCUT2D eigenvalue weighted by atomic mass is 9.99. The number of hydrogen-bond donors (Lipinski definition) is 1. The van der Waals surface area contributed by atoms with Crippen LogP contribution in [0, 0.1) is 0 Å². The van der Waals surface area contributed by atoms with Crippen LogP contribution >= 0.6 is 0 Å². The highest BCUT2D eigenvalue weighted by atomic mass is 16.5. The van der Waals surface area contributed by atoms with Crippen molar-refractivity contribution in [3.8, 4) is 0 Å². The second kappa shape index (κ2) is 7.83. The van der Waals surface area contributed by atoms with Gasteiger partial charge in [0.15, 0.2) is 0 Å². The molecule has 1 atom stereocenters. The predicted molar refractivity (Wildman–Crippen MR) is 76.4 cm³/mol. The number of likely N-dealkylation sites (tertiary alicyclic amines) is 1. The van der Waals surface area contributed by atoms with Gasteiger partial charge in [-0.2, -0.15) is 0 Å². The number of nitrogens with one attached hydrogen (secondary N) is 1. The number of carbonyl (C=O) groups is 2. The van der Waals surface area contributed by atoms with Crippen molar-refractivity contribution in [3.05, 3.63) is 24.2 Å². The van der Waals surface area contributed by atoms with Crippen molar-refractivity contribution in [3.63, 3.8) is 0 Å². The Balaban J connectivity index is 1.80. The number of esters is 1. The average molecular weight is 294 g/mol. The number of methoxy groups -OCH3 is 1. The molecule has 0 radical (unpaired) electrons. The topological polar surface area (TPSA) is 71.8 Å². The molecule has 2 heterocycles. The number of hydrogen-bond acceptors (Lipinski definition) is 5. The molecule has 0 aromatic carbocycles. The van der Waals surface area contributed by atoms with E-state index in [-0.39, 0.29) is 17.9 Å². The van der Waals surface area contributed by atoms with Crippen LogP contribution in [-0.4, -0.2) is 43.0 Å². The number of furan rings is 1. The maximum atomic E-state index is 12.0. The summed E-state index contributed by atoms with van der Waals surface area (Å²) in [7, 11) is 1.39. The predicted octanol–water partition coefficient (Wildman–Crippen LogP) is 1.31. The lowest BCUT2D eigenvalue weighted by molar-refractivity contribution is -0.143. The van der Waals surface area contributed by atoms with Gasteiger partial charge in [-0.05, 0) is 31.5 Å². The zero-order valence-electron chi connectivity index (χ0n) is 12.3. The van der Waals surface area contributed by atoms with E-state index < -0.39 is 0 Å². The molecule has 0 spiro atoms. The Bertz CT molecular complexity index is 458. The molecule has 6 nitrogen and oxygen atoms in total. The van der Waals surface area contributed by atoms with Crippen LogP contribution in [0.3, 0.4) is 0 Å². The van der Waals surface area contributed by atoms with E-state index in [9.17, 15) is 9.59 Å². The monoisotopic (exact) mass is 294 g/mol. The van der Waals surface area contributed by atoms with Crippen molar-refractivity contribution in [1.82, 2.24) is 10.2 Å². The first-order valence-electron chi connectivity index (χ1n) is 7.29. The van der Waals surface area contributed by atoms with E-state index in [1.807, 2.05) is 6.07 Å². The lowest BCUT2D eigenvalue weighted by Gasteiger charge is -2.34. The van der Waals surface area contributed by atoms with Crippen LogP contribution < -0.4 is 5.32 Å². The molecule has 1 N–H and O–H groups in total. The first-order valence-corrected chi connectivity index (χ1v) is 7.29. The van der Waals surface area contributed by atoms with Crippen LogP contribution in [0.25, 0.3) is 0 Å². The average Bonchev–Trinajstić information content (AvgIpc) is 3.00. The second-order valence-corrected chi connectivity index (χ2v) is 5.26. The maximum absolute atomic E-state index is 12.0. The molecular formula is C15H22N2O4. The van der Waals surface area contributed by atoms with E-state index in [1.54, 1.807) is 12.3 Å². The fourth-order valence-electron chi connectivity index (χ4n) is 2.61. The highest BCUT2D eigenvalue weighted by Crippen LogP contribution is 2.19. The van der Waals surface area contributed by atoms with Gasteiger partial charge in [0.2, 0.25) is 5.91 Å². The summed E-state index contributed by atoms with van der Waals surface area (Å²) in [4.78, 5) is 25.5. The highest BCUT2D eigenvalue weighted by molar-refractivity contribution is 5.78. The molecular weight excluding hydrogens is 272 g/mol. The number of ether oxygens (including phenoxy) is 1. The molecule has 1 aliphatic rings. The highest BCUT2D eigenvalue weighted by Gasteiger charge is 2.26. The quantitative estimate of drug-likeness (QED) is 0.801. The second-order valence-electron chi connectivity index (χ2n) is 5.26. The molecule has 116 valence electrons. The third-order valence-electron chi connectivity index (χ3n) is 3.77. The van der Waals surface area contributed by atoms with Gasteiger partial charge >= 0.3 is 5.97 Å². The van der Waals surface area contributed by atoms with E-state index in [1.165, 1.54) is 7.11 Å². The van der Waals surface area contributed by atoms with Crippen LogP contribution in [0.1, 0.15) is 31.4 Å². The Morgan fingerprint density at radius 3 is 3.05 bits per heavy atom. The summed E-state index contributed by atoms with van der Waals surface area (Å²) in [5, 5.41) is 2.83. The summed E-state index contributed by atoms with van der Waals surface area (Å²) in [5.74, 6) is 0.458. The molecule has 1 amide bonds. The Hall–Kier alpha value is -1.82. The molecule has 1 aromatic heterocycles. The molecule has 0 bridgehead atoms. The lowest BCUT2D eigenvalue weighted by Crippen LogP contribution is -2.46. The van der Waals surface area contributed by atoms with Crippen LogP contribution in [0.2, 0.25) is 0 Å². The van der Waals surface area contributed by atoms with Crippen LogP contribution in [-0.2, 0) is 20.9 Å². The van der Waals surface area contributed by atoms with E-state index >= 15 is 0 Å². The summed E-state index contributed by atoms with van der Waals surface area (Å²) in [5.41, 5.74) is 0. The van der Waals surface area contributed by atoms with Crippen LogP contribution in [0.15, 0.2) is 22.8 Å².